The van der Waals surface area contributed by atoms with Crippen LogP contribution >= 0.6 is 0 Å². The minimum atomic E-state index is -0.0217. The Labute approximate surface area is 102 Å². The Morgan fingerprint density at radius 3 is 2.41 bits per heavy atom. The molecule has 1 amide bonds. The first-order chi connectivity index (χ1) is 8.04. The first-order valence-electron chi connectivity index (χ1n) is 5.77. The summed E-state index contributed by atoms with van der Waals surface area (Å²) in [6.45, 7) is 4.96. The lowest BCUT2D eigenvalue weighted by Gasteiger charge is -2.16. The molecule has 0 aliphatic carbocycles. The molecule has 1 aromatic carbocycles. The summed E-state index contributed by atoms with van der Waals surface area (Å²) in [5.74, 6) is 0.754. The number of nitrogens with two attached hydrogens (primary N) is 1. The zero-order valence-electron chi connectivity index (χ0n) is 10.6. The Hall–Kier alpha value is -1.55. The third kappa shape index (κ3) is 4.07. The van der Waals surface area contributed by atoms with Crippen LogP contribution in [0.3, 0.4) is 0 Å². The molecule has 2 N–H and O–H groups in total. The van der Waals surface area contributed by atoms with Gasteiger partial charge in [0.15, 0.2) is 0 Å². The fourth-order valence-corrected chi connectivity index (χ4v) is 1.46. The molecule has 0 unspecified atom stereocenters. The van der Waals surface area contributed by atoms with Gasteiger partial charge >= 0.3 is 0 Å². The molecule has 0 spiro atoms. The second-order valence-electron chi connectivity index (χ2n) is 4.21. The van der Waals surface area contributed by atoms with Crippen molar-refractivity contribution in [1.29, 1.82) is 0 Å². The molecular weight excluding hydrogens is 216 g/mol. The van der Waals surface area contributed by atoms with Gasteiger partial charge in [-0.25, -0.2) is 0 Å². The van der Waals surface area contributed by atoms with E-state index in [0.717, 1.165) is 5.75 Å². The van der Waals surface area contributed by atoms with Gasteiger partial charge in [-0.1, -0.05) is 0 Å². The number of hydrogen-bond donors (Lipinski definition) is 1. The Bertz CT molecular complexity index is 360. The largest absolute Gasteiger partial charge is 0.491 e. The highest BCUT2D eigenvalue weighted by Crippen LogP contribution is 2.14. The van der Waals surface area contributed by atoms with Crippen molar-refractivity contribution in [2.45, 2.75) is 20.0 Å². The molecule has 0 bridgehead atoms. The van der Waals surface area contributed by atoms with Crippen LogP contribution in [0.15, 0.2) is 24.3 Å². The smallest absolute Gasteiger partial charge is 0.253 e. The first kappa shape index (κ1) is 13.5. The second-order valence-corrected chi connectivity index (χ2v) is 4.21. The van der Waals surface area contributed by atoms with Crippen molar-refractivity contribution >= 4 is 5.91 Å². The second kappa shape index (κ2) is 6.25. The van der Waals surface area contributed by atoms with Gasteiger partial charge in [0.2, 0.25) is 0 Å². The number of amides is 1. The topological polar surface area (TPSA) is 55.6 Å². The van der Waals surface area contributed by atoms with Gasteiger partial charge in [0.25, 0.3) is 5.91 Å². The maximum atomic E-state index is 11.9. The fourth-order valence-electron chi connectivity index (χ4n) is 1.46. The number of likely N-dealkylation sites (N-methyl/N-ethyl adjacent to an activating group) is 1. The van der Waals surface area contributed by atoms with Gasteiger partial charge in [-0.2, -0.15) is 0 Å². The highest BCUT2D eigenvalue weighted by molar-refractivity contribution is 5.94. The minimum Gasteiger partial charge on any atom is -0.491 e. The average molecular weight is 236 g/mol. The standard InChI is InChI=1S/C13H20N2O2/c1-10(2)17-12-6-4-11(5-7-12)13(16)15(3)9-8-14/h4-7,10H,8-9,14H2,1-3H3. The van der Waals surface area contributed by atoms with Crippen LogP contribution in [0.25, 0.3) is 0 Å². The lowest BCUT2D eigenvalue weighted by atomic mass is 10.2. The fraction of sp³-hybridized carbons (Fsp3) is 0.462. The molecule has 0 saturated heterocycles. The molecule has 4 nitrogen and oxygen atoms in total. The van der Waals surface area contributed by atoms with Crippen molar-refractivity contribution in [1.82, 2.24) is 4.90 Å². The average Bonchev–Trinajstić information content (AvgIpc) is 2.28. The van der Waals surface area contributed by atoms with E-state index in [1.165, 1.54) is 0 Å². The summed E-state index contributed by atoms with van der Waals surface area (Å²) in [5, 5.41) is 0. The van der Waals surface area contributed by atoms with Crippen molar-refractivity contribution in [3.8, 4) is 5.75 Å². The van der Waals surface area contributed by atoms with Crippen LogP contribution in [0.4, 0.5) is 0 Å². The monoisotopic (exact) mass is 236 g/mol. The lowest BCUT2D eigenvalue weighted by molar-refractivity contribution is 0.0799. The SMILES string of the molecule is CC(C)Oc1ccc(C(=O)N(C)CCN)cc1. The number of carbonyl (C=O) groups excluding carboxylic acids is 1. The van der Waals surface area contributed by atoms with E-state index in [9.17, 15) is 4.79 Å². The summed E-state index contributed by atoms with van der Waals surface area (Å²) < 4.78 is 5.51. The van der Waals surface area contributed by atoms with E-state index >= 15 is 0 Å². The molecule has 0 heterocycles. The van der Waals surface area contributed by atoms with E-state index in [4.69, 9.17) is 10.5 Å². The van der Waals surface area contributed by atoms with Crippen molar-refractivity contribution in [2.24, 2.45) is 5.73 Å². The Morgan fingerprint density at radius 2 is 1.94 bits per heavy atom. The van der Waals surface area contributed by atoms with Gasteiger partial charge in [0.1, 0.15) is 5.75 Å². The van der Waals surface area contributed by atoms with E-state index in [0.29, 0.717) is 18.7 Å². The Kier molecular flexibility index (Phi) is 4.97. The van der Waals surface area contributed by atoms with Gasteiger partial charge in [0.05, 0.1) is 6.10 Å². The van der Waals surface area contributed by atoms with E-state index in [-0.39, 0.29) is 12.0 Å². The van der Waals surface area contributed by atoms with E-state index in [2.05, 4.69) is 0 Å². The van der Waals surface area contributed by atoms with Crippen LogP contribution in [0.5, 0.6) is 5.75 Å². The third-order valence-electron chi connectivity index (χ3n) is 2.28. The summed E-state index contributed by atoms with van der Waals surface area (Å²) in [7, 11) is 1.74. The van der Waals surface area contributed by atoms with E-state index in [1.807, 2.05) is 26.0 Å². The van der Waals surface area contributed by atoms with Gasteiger partial charge in [-0.3, -0.25) is 4.79 Å². The van der Waals surface area contributed by atoms with E-state index < -0.39 is 0 Å². The highest BCUT2D eigenvalue weighted by Gasteiger charge is 2.10. The summed E-state index contributed by atoms with van der Waals surface area (Å²) in [6.07, 6.45) is 0.136. The molecule has 0 saturated carbocycles. The molecule has 0 aliphatic heterocycles. The quantitative estimate of drug-likeness (QED) is 0.843. The lowest BCUT2D eigenvalue weighted by Crippen LogP contribution is -2.31. The molecule has 17 heavy (non-hydrogen) atoms. The minimum absolute atomic E-state index is 0.0217. The van der Waals surface area contributed by atoms with Crippen molar-refractivity contribution in [3.63, 3.8) is 0 Å². The summed E-state index contributed by atoms with van der Waals surface area (Å²) >= 11 is 0. The molecule has 1 rings (SSSR count). The summed E-state index contributed by atoms with van der Waals surface area (Å²) in [4.78, 5) is 13.5. The Morgan fingerprint density at radius 1 is 1.35 bits per heavy atom. The molecule has 0 fully saturated rings. The molecule has 94 valence electrons. The normalized spacial score (nSPS) is 10.4. The van der Waals surface area contributed by atoms with Gasteiger partial charge in [-0.05, 0) is 38.1 Å². The van der Waals surface area contributed by atoms with Gasteiger partial charge < -0.3 is 15.4 Å². The third-order valence-corrected chi connectivity index (χ3v) is 2.28. The van der Waals surface area contributed by atoms with Crippen LogP contribution in [0, 0.1) is 0 Å². The van der Waals surface area contributed by atoms with Crippen LogP contribution < -0.4 is 10.5 Å². The van der Waals surface area contributed by atoms with Crippen LogP contribution in [0.2, 0.25) is 0 Å². The van der Waals surface area contributed by atoms with Gasteiger partial charge in [0, 0.05) is 25.7 Å². The number of carbonyl (C=O) groups is 1. The number of benzene rings is 1. The van der Waals surface area contributed by atoms with Crippen LogP contribution in [0.1, 0.15) is 24.2 Å². The maximum absolute atomic E-state index is 11.9. The Balaban J connectivity index is 2.70. The molecule has 0 aromatic heterocycles. The van der Waals surface area contributed by atoms with Crippen molar-refractivity contribution in [2.75, 3.05) is 20.1 Å². The number of rotatable bonds is 5. The number of nitrogens with zero attached hydrogens (tertiary/aromatic N) is 1. The number of hydrogen-bond acceptors (Lipinski definition) is 3. The van der Waals surface area contributed by atoms with Crippen molar-refractivity contribution < 1.29 is 9.53 Å². The van der Waals surface area contributed by atoms with Crippen LogP contribution in [-0.2, 0) is 0 Å². The molecule has 4 heteroatoms. The predicted octanol–water partition coefficient (Wildman–Crippen LogP) is 1.50. The predicted molar refractivity (Wildman–Crippen MR) is 68.2 cm³/mol. The molecule has 0 aliphatic rings. The zero-order chi connectivity index (χ0) is 12.8. The summed E-state index contributed by atoms with van der Waals surface area (Å²) in [5.41, 5.74) is 6.06. The highest BCUT2D eigenvalue weighted by atomic mass is 16.5. The van der Waals surface area contributed by atoms with Gasteiger partial charge in [-0.15, -0.1) is 0 Å². The van der Waals surface area contributed by atoms with E-state index in [1.54, 1.807) is 24.1 Å². The maximum Gasteiger partial charge on any atom is 0.253 e. The van der Waals surface area contributed by atoms with Crippen molar-refractivity contribution in [3.05, 3.63) is 29.8 Å². The molecule has 0 atom stereocenters. The van der Waals surface area contributed by atoms with Crippen LogP contribution in [-0.4, -0.2) is 37.0 Å². The summed E-state index contributed by atoms with van der Waals surface area (Å²) in [6, 6.07) is 7.16. The molecular formula is C13H20N2O2. The zero-order valence-corrected chi connectivity index (χ0v) is 10.6. The molecule has 0 radical (unpaired) electrons. The first-order valence-corrected chi connectivity index (χ1v) is 5.77. The number of ether oxygens (including phenoxy) is 1. The molecule has 1 aromatic rings.